The van der Waals surface area contributed by atoms with Crippen molar-refractivity contribution in [3.8, 4) is 0 Å². The maximum atomic E-state index is 12.0. The first-order chi connectivity index (χ1) is 12.5. The summed E-state index contributed by atoms with van der Waals surface area (Å²) in [5.74, 6) is -1.27. The monoisotopic (exact) mass is 417 g/mol. The molecule has 1 aromatic carbocycles. The third-order valence-corrected chi connectivity index (χ3v) is 4.08. The molecule has 9 heteroatoms. The lowest BCUT2D eigenvalue weighted by molar-refractivity contribution is -0.116. The van der Waals surface area contributed by atoms with E-state index in [0.29, 0.717) is 12.2 Å². The molecule has 0 unspecified atom stereocenters. The van der Waals surface area contributed by atoms with Gasteiger partial charge in [-0.15, -0.1) is 0 Å². The molecule has 0 saturated carbocycles. The quantitative estimate of drug-likeness (QED) is 0.614. The molecule has 0 fully saturated rings. The lowest BCUT2D eigenvalue weighted by Crippen LogP contribution is -2.17. The Morgan fingerprint density at radius 2 is 1.92 bits per heavy atom. The number of anilines is 1. The van der Waals surface area contributed by atoms with Crippen LogP contribution in [0.5, 0.6) is 0 Å². The summed E-state index contributed by atoms with van der Waals surface area (Å²) in [5.41, 5.74) is 1.80. The molecule has 2 aromatic heterocycles. The van der Waals surface area contributed by atoms with Crippen LogP contribution in [0.15, 0.2) is 53.4 Å². The van der Waals surface area contributed by atoms with Gasteiger partial charge >= 0.3 is 5.97 Å². The Balaban J connectivity index is 1.52. The molecule has 0 radical (unpaired) electrons. The van der Waals surface area contributed by atoms with Gasteiger partial charge in [-0.2, -0.15) is 10.2 Å². The summed E-state index contributed by atoms with van der Waals surface area (Å²) in [5, 5.41) is 19.9. The van der Waals surface area contributed by atoms with Gasteiger partial charge < -0.3 is 10.4 Å². The van der Waals surface area contributed by atoms with Crippen molar-refractivity contribution in [1.82, 2.24) is 19.6 Å². The zero-order valence-electron chi connectivity index (χ0n) is 13.7. The average molecular weight is 418 g/mol. The number of nitrogens with one attached hydrogen (secondary N) is 1. The van der Waals surface area contributed by atoms with Crippen LogP contribution in [-0.2, 0) is 17.9 Å². The Labute approximate surface area is 157 Å². The predicted molar refractivity (Wildman–Crippen MR) is 97.9 cm³/mol. The van der Waals surface area contributed by atoms with Crippen LogP contribution < -0.4 is 5.32 Å². The van der Waals surface area contributed by atoms with E-state index in [1.54, 1.807) is 6.20 Å². The molecular weight excluding hydrogens is 402 g/mol. The van der Waals surface area contributed by atoms with Gasteiger partial charge in [-0.1, -0.05) is 12.1 Å². The average Bonchev–Trinajstić information content (AvgIpc) is 3.24. The van der Waals surface area contributed by atoms with Gasteiger partial charge in [0.15, 0.2) is 0 Å². The van der Waals surface area contributed by atoms with Crippen molar-refractivity contribution in [2.75, 3.05) is 5.32 Å². The first-order valence-electron chi connectivity index (χ1n) is 7.83. The van der Waals surface area contributed by atoms with Gasteiger partial charge in [-0.25, -0.2) is 4.79 Å². The Bertz CT molecular complexity index is 917. The number of halogens is 1. The van der Waals surface area contributed by atoms with Crippen LogP contribution in [0.25, 0.3) is 0 Å². The number of aryl methyl sites for hydroxylation is 1. The second kappa shape index (κ2) is 7.96. The molecule has 134 valence electrons. The highest BCUT2D eigenvalue weighted by molar-refractivity contribution is 9.10. The molecule has 0 saturated heterocycles. The van der Waals surface area contributed by atoms with Gasteiger partial charge in [0.05, 0.1) is 23.8 Å². The summed E-state index contributed by atoms with van der Waals surface area (Å²) in [7, 11) is 0. The van der Waals surface area contributed by atoms with Crippen LogP contribution in [0.1, 0.15) is 22.5 Å². The number of hydrogen-bond acceptors (Lipinski definition) is 4. The number of aromatic nitrogens is 4. The molecule has 26 heavy (non-hydrogen) atoms. The van der Waals surface area contributed by atoms with Gasteiger partial charge in [0.25, 0.3) is 0 Å². The maximum Gasteiger partial charge on any atom is 0.354 e. The molecule has 0 aliphatic heterocycles. The minimum atomic E-state index is -1.07. The van der Waals surface area contributed by atoms with Gasteiger partial charge in [0.1, 0.15) is 5.69 Å². The highest BCUT2D eigenvalue weighted by Gasteiger charge is 2.11. The number of aromatic carboxylic acids is 1. The zero-order valence-corrected chi connectivity index (χ0v) is 15.3. The Morgan fingerprint density at radius 3 is 2.58 bits per heavy atom. The van der Waals surface area contributed by atoms with E-state index >= 15 is 0 Å². The van der Waals surface area contributed by atoms with Crippen LogP contribution in [0.2, 0.25) is 0 Å². The number of amides is 1. The summed E-state index contributed by atoms with van der Waals surface area (Å²) in [6.07, 6.45) is 5.14. The minimum Gasteiger partial charge on any atom is -0.477 e. The van der Waals surface area contributed by atoms with E-state index in [1.165, 1.54) is 16.9 Å². The van der Waals surface area contributed by atoms with Crippen molar-refractivity contribution in [3.05, 3.63) is 64.7 Å². The first kappa shape index (κ1) is 17.9. The number of carbonyl (C=O) groups excluding carboxylic acids is 1. The van der Waals surface area contributed by atoms with Gasteiger partial charge in [-0.3, -0.25) is 14.2 Å². The molecular formula is C17H16BrN5O3. The Morgan fingerprint density at radius 1 is 1.15 bits per heavy atom. The smallest absolute Gasteiger partial charge is 0.354 e. The molecule has 2 heterocycles. The Kier molecular flexibility index (Phi) is 5.47. The molecule has 8 nitrogen and oxygen atoms in total. The van der Waals surface area contributed by atoms with E-state index in [0.717, 1.165) is 10.0 Å². The largest absolute Gasteiger partial charge is 0.477 e. The molecule has 3 rings (SSSR count). The number of nitrogens with zero attached hydrogens (tertiary/aromatic N) is 4. The minimum absolute atomic E-state index is 0.0624. The zero-order chi connectivity index (χ0) is 18.5. The summed E-state index contributed by atoms with van der Waals surface area (Å²) < 4.78 is 4.03. The molecule has 2 N–H and O–H groups in total. The van der Waals surface area contributed by atoms with Gasteiger partial charge in [0, 0.05) is 24.5 Å². The lowest BCUT2D eigenvalue weighted by Gasteiger charge is -2.08. The molecule has 0 spiro atoms. The van der Waals surface area contributed by atoms with Gasteiger partial charge in [-0.05, 0) is 39.7 Å². The Hall–Kier alpha value is -2.94. The van der Waals surface area contributed by atoms with Crippen LogP contribution >= 0.6 is 15.9 Å². The number of carbonyl (C=O) groups is 2. The molecule has 0 aliphatic carbocycles. The normalized spacial score (nSPS) is 10.7. The third kappa shape index (κ3) is 4.57. The van der Waals surface area contributed by atoms with Crippen molar-refractivity contribution in [3.63, 3.8) is 0 Å². The van der Waals surface area contributed by atoms with Crippen molar-refractivity contribution in [1.29, 1.82) is 0 Å². The maximum absolute atomic E-state index is 12.0. The van der Waals surface area contributed by atoms with E-state index in [4.69, 9.17) is 5.11 Å². The van der Waals surface area contributed by atoms with E-state index in [-0.39, 0.29) is 24.6 Å². The first-order valence-corrected chi connectivity index (χ1v) is 8.62. The lowest BCUT2D eigenvalue weighted by atomic mass is 10.2. The second-order valence-corrected chi connectivity index (χ2v) is 6.51. The van der Waals surface area contributed by atoms with Crippen LogP contribution in [0.4, 0.5) is 5.69 Å². The molecule has 0 atom stereocenters. The summed E-state index contributed by atoms with van der Waals surface area (Å²) in [6, 6.07) is 8.88. The fraction of sp³-hybridized carbons (Fsp3) is 0.176. The fourth-order valence-corrected chi connectivity index (χ4v) is 2.76. The standard InChI is InChI=1S/C17H16BrN5O3/c18-13-9-20-22(11-13)10-12-1-3-14(4-2-12)21-16(24)6-8-23-15(17(25)26)5-7-19-23/h1-5,7,9,11H,6,8,10H2,(H,21,24)(H,25,26). The van der Waals surface area contributed by atoms with Crippen molar-refractivity contribution in [2.45, 2.75) is 19.5 Å². The number of carboxylic acid groups (broad SMARTS) is 1. The van der Waals surface area contributed by atoms with E-state index in [1.807, 2.05) is 35.1 Å². The summed E-state index contributed by atoms with van der Waals surface area (Å²) in [6.45, 7) is 0.837. The van der Waals surface area contributed by atoms with Gasteiger partial charge in [0.2, 0.25) is 5.91 Å². The van der Waals surface area contributed by atoms with E-state index in [2.05, 4.69) is 31.4 Å². The number of hydrogen-bond donors (Lipinski definition) is 2. The fourth-order valence-electron chi connectivity index (χ4n) is 2.43. The van der Waals surface area contributed by atoms with Crippen molar-refractivity contribution < 1.29 is 14.7 Å². The summed E-state index contributed by atoms with van der Waals surface area (Å²) >= 11 is 3.36. The highest BCUT2D eigenvalue weighted by Crippen LogP contribution is 2.13. The van der Waals surface area contributed by atoms with Crippen LogP contribution in [0, 0.1) is 0 Å². The topological polar surface area (TPSA) is 102 Å². The molecule has 3 aromatic rings. The number of rotatable bonds is 7. The predicted octanol–water partition coefficient (Wildman–Crippen LogP) is 2.62. The van der Waals surface area contributed by atoms with E-state index < -0.39 is 5.97 Å². The SMILES string of the molecule is O=C(CCn1nccc1C(=O)O)Nc1ccc(Cn2cc(Br)cn2)cc1. The number of carboxylic acids is 1. The molecule has 0 aliphatic rings. The van der Waals surface area contributed by atoms with Crippen LogP contribution in [0.3, 0.4) is 0 Å². The summed E-state index contributed by atoms with van der Waals surface area (Å²) in [4.78, 5) is 23.1. The second-order valence-electron chi connectivity index (χ2n) is 5.60. The molecule has 0 bridgehead atoms. The van der Waals surface area contributed by atoms with E-state index in [9.17, 15) is 9.59 Å². The highest BCUT2D eigenvalue weighted by atomic mass is 79.9. The van der Waals surface area contributed by atoms with Crippen molar-refractivity contribution in [2.24, 2.45) is 0 Å². The molecule has 1 amide bonds. The third-order valence-electron chi connectivity index (χ3n) is 3.67. The number of benzene rings is 1. The van der Waals surface area contributed by atoms with Crippen LogP contribution in [-0.4, -0.2) is 36.5 Å². The van der Waals surface area contributed by atoms with Crippen molar-refractivity contribution >= 4 is 33.5 Å².